The highest BCUT2D eigenvalue weighted by Crippen LogP contribution is 2.26. The fraction of sp³-hybridized carbons (Fsp3) is 0.333. The minimum atomic E-state index is -0.371. The predicted octanol–water partition coefficient (Wildman–Crippen LogP) is 1.77. The van der Waals surface area contributed by atoms with Gasteiger partial charge in [0.15, 0.2) is 10.9 Å². The third kappa shape index (κ3) is 3.28. The number of nitrogens with zero attached hydrogens (tertiary/aromatic N) is 3. The van der Waals surface area contributed by atoms with Gasteiger partial charge in [0.25, 0.3) is 5.91 Å². The molecule has 2 aromatic heterocycles. The van der Waals surface area contributed by atoms with Crippen LogP contribution in [0.5, 0.6) is 0 Å². The Morgan fingerprint density at radius 3 is 2.65 bits per heavy atom. The molecular formula is C12H16N6OS. The van der Waals surface area contributed by atoms with Crippen LogP contribution in [0.1, 0.15) is 37.0 Å². The number of nitrogens with two attached hydrogens (primary N) is 1. The maximum Gasteiger partial charge on any atom is 0.277 e. The lowest BCUT2D eigenvalue weighted by atomic mass is 9.93. The fourth-order valence-electron chi connectivity index (χ4n) is 1.38. The van der Waals surface area contributed by atoms with Crippen molar-refractivity contribution < 1.29 is 4.79 Å². The van der Waals surface area contributed by atoms with Gasteiger partial charge < -0.3 is 5.43 Å². The highest BCUT2D eigenvalue weighted by molar-refractivity contribution is 7.14. The highest BCUT2D eigenvalue weighted by atomic mass is 32.1. The molecule has 0 atom stereocenters. The monoisotopic (exact) mass is 292 g/mol. The Bertz CT molecular complexity index is 618. The number of carbonyl (C=O) groups is 1. The molecule has 0 saturated heterocycles. The van der Waals surface area contributed by atoms with Gasteiger partial charge in [0.05, 0.1) is 18.1 Å². The van der Waals surface area contributed by atoms with Gasteiger partial charge in [-0.15, -0.1) is 11.3 Å². The summed E-state index contributed by atoms with van der Waals surface area (Å²) in [6, 6.07) is 0. The van der Waals surface area contributed by atoms with E-state index in [2.05, 4.69) is 46.5 Å². The van der Waals surface area contributed by atoms with Gasteiger partial charge in [0, 0.05) is 10.8 Å². The first-order valence-electron chi connectivity index (χ1n) is 5.96. The Balaban J connectivity index is 2.13. The molecule has 2 heterocycles. The van der Waals surface area contributed by atoms with E-state index in [4.69, 9.17) is 5.84 Å². The Kier molecular flexibility index (Phi) is 3.96. The smallest absolute Gasteiger partial charge is 0.277 e. The SMILES string of the molecule is CC(C)(C)c1csc(NC(=O)c2cncc(NN)n2)n1. The van der Waals surface area contributed by atoms with E-state index in [-0.39, 0.29) is 17.0 Å². The summed E-state index contributed by atoms with van der Waals surface area (Å²) in [4.78, 5) is 24.3. The number of carbonyl (C=O) groups excluding carboxylic acids is 1. The minimum absolute atomic E-state index is 0.0529. The standard InChI is InChI=1S/C12H16N6OS/c1-12(2,3)8-6-20-11(16-8)17-10(19)7-4-14-5-9(15-7)18-13/h4-6H,13H2,1-3H3,(H,15,18)(H,16,17,19). The van der Waals surface area contributed by atoms with Crippen molar-refractivity contribution in [2.45, 2.75) is 26.2 Å². The Labute approximate surface area is 120 Å². The molecule has 0 bridgehead atoms. The average Bonchev–Trinajstić information content (AvgIpc) is 2.87. The van der Waals surface area contributed by atoms with Gasteiger partial charge >= 0.3 is 0 Å². The number of thiazole rings is 1. The van der Waals surface area contributed by atoms with Crippen molar-refractivity contribution >= 4 is 28.2 Å². The lowest BCUT2D eigenvalue weighted by Gasteiger charge is -2.14. The van der Waals surface area contributed by atoms with Gasteiger partial charge in [-0.1, -0.05) is 20.8 Å². The zero-order valence-corrected chi connectivity index (χ0v) is 12.3. The molecule has 0 spiro atoms. The molecule has 0 radical (unpaired) electrons. The second kappa shape index (κ2) is 5.51. The summed E-state index contributed by atoms with van der Waals surface area (Å²) in [7, 11) is 0. The summed E-state index contributed by atoms with van der Waals surface area (Å²) in [5, 5.41) is 5.16. The third-order valence-electron chi connectivity index (χ3n) is 2.51. The van der Waals surface area contributed by atoms with Crippen LogP contribution >= 0.6 is 11.3 Å². The molecule has 0 aliphatic heterocycles. The summed E-state index contributed by atoms with van der Waals surface area (Å²) in [5.41, 5.74) is 3.40. The lowest BCUT2D eigenvalue weighted by molar-refractivity contribution is 0.102. The molecule has 8 heteroatoms. The first-order valence-corrected chi connectivity index (χ1v) is 6.84. The van der Waals surface area contributed by atoms with Crippen LogP contribution in [0.15, 0.2) is 17.8 Å². The molecule has 0 unspecified atom stereocenters. The normalized spacial score (nSPS) is 11.2. The summed E-state index contributed by atoms with van der Waals surface area (Å²) < 4.78 is 0. The third-order valence-corrected chi connectivity index (χ3v) is 3.27. The van der Waals surface area contributed by atoms with E-state index in [1.165, 1.54) is 23.7 Å². The zero-order chi connectivity index (χ0) is 14.8. The summed E-state index contributed by atoms with van der Waals surface area (Å²) >= 11 is 1.38. The van der Waals surface area contributed by atoms with Crippen molar-refractivity contribution in [3.63, 3.8) is 0 Å². The minimum Gasteiger partial charge on any atom is -0.307 e. The van der Waals surface area contributed by atoms with E-state index in [1.807, 2.05) is 5.38 Å². The molecule has 20 heavy (non-hydrogen) atoms. The maximum absolute atomic E-state index is 12.0. The Morgan fingerprint density at radius 1 is 1.30 bits per heavy atom. The molecule has 7 nitrogen and oxygen atoms in total. The molecule has 0 aliphatic carbocycles. The van der Waals surface area contributed by atoms with Gasteiger partial charge in [-0.05, 0) is 0 Å². The highest BCUT2D eigenvalue weighted by Gasteiger charge is 2.18. The number of rotatable bonds is 3. The number of amides is 1. The first kappa shape index (κ1) is 14.4. The molecule has 2 aromatic rings. The lowest BCUT2D eigenvalue weighted by Crippen LogP contribution is -2.17. The first-order chi connectivity index (χ1) is 9.40. The molecule has 2 rings (SSSR count). The van der Waals surface area contributed by atoms with Crippen molar-refractivity contribution in [1.29, 1.82) is 0 Å². The van der Waals surface area contributed by atoms with Crippen LogP contribution in [0.3, 0.4) is 0 Å². The second-order valence-electron chi connectivity index (χ2n) is 5.18. The summed E-state index contributed by atoms with van der Waals surface area (Å²) in [5.74, 6) is 5.18. The van der Waals surface area contributed by atoms with Gasteiger partial charge in [0.1, 0.15) is 5.69 Å². The number of nitrogens with one attached hydrogen (secondary N) is 2. The second-order valence-corrected chi connectivity index (χ2v) is 6.03. The predicted molar refractivity (Wildman–Crippen MR) is 78.6 cm³/mol. The molecule has 4 N–H and O–H groups in total. The van der Waals surface area contributed by atoms with Crippen LogP contribution in [0.25, 0.3) is 0 Å². The largest absolute Gasteiger partial charge is 0.307 e. The van der Waals surface area contributed by atoms with Crippen molar-refractivity contribution in [3.05, 3.63) is 29.2 Å². The molecule has 0 fully saturated rings. The Morgan fingerprint density at radius 2 is 2.05 bits per heavy atom. The molecule has 106 valence electrons. The van der Waals surface area contributed by atoms with Gasteiger partial charge in [-0.25, -0.2) is 15.8 Å². The van der Waals surface area contributed by atoms with E-state index in [1.54, 1.807) is 0 Å². The number of aromatic nitrogens is 3. The van der Waals surface area contributed by atoms with Gasteiger partial charge in [0.2, 0.25) is 0 Å². The van der Waals surface area contributed by atoms with Crippen LogP contribution in [0, 0.1) is 0 Å². The van der Waals surface area contributed by atoms with Gasteiger partial charge in [-0.3, -0.25) is 15.1 Å². The average molecular weight is 292 g/mol. The molecule has 0 aliphatic rings. The van der Waals surface area contributed by atoms with Crippen LogP contribution in [-0.4, -0.2) is 20.9 Å². The molecule has 0 aromatic carbocycles. The van der Waals surface area contributed by atoms with Crippen LogP contribution in [-0.2, 0) is 5.41 Å². The van der Waals surface area contributed by atoms with E-state index >= 15 is 0 Å². The van der Waals surface area contributed by atoms with Crippen LogP contribution in [0.2, 0.25) is 0 Å². The number of hydrogen-bond acceptors (Lipinski definition) is 7. The van der Waals surface area contributed by atoms with Crippen molar-refractivity contribution in [3.8, 4) is 0 Å². The summed E-state index contributed by atoms with van der Waals surface area (Å²) in [6.07, 6.45) is 2.80. The molecule has 0 saturated carbocycles. The van der Waals surface area contributed by atoms with E-state index in [0.29, 0.717) is 10.9 Å². The van der Waals surface area contributed by atoms with Crippen LogP contribution < -0.4 is 16.6 Å². The number of anilines is 2. The topological polar surface area (TPSA) is 106 Å². The quantitative estimate of drug-likeness (QED) is 0.588. The maximum atomic E-state index is 12.0. The van der Waals surface area contributed by atoms with E-state index in [0.717, 1.165) is 5.69 Å². The molecular weight excluding hydrogens is 276 g/mol. The van der Waals surface area contributed by atoms with E-state index < -0.39 is 0 Å². The number of hydrazine groups is 1. The van der Waals surface area contributed by atoms with Crippen molar-refractivity contribution in [1.82, 2.24) is 15.0 Å². The molecule has 1 amide bonds. The van der Waals surface area contributed by atoms with E-state index in [9.17, 15) is 4.79 Å². The van der Waals surface area contributed by atoms with Gasteiger partial charge in [-0.2, -0.15) is 0 Å². The Hall–Kier alpha value is -2.06. The van der Waals surface area contributed by atoms with Crippen molar-refractivity contribution in [2.24, 2.45) is 5.84 Å². The summed E-state index contributed by atoms with van der Waals surface area (Å²) in [6.45, 7) is 6.20. The zero-order valence-electron chi connectivity index (χ0n) is 11.5. The fourth-order valence-corrected chi connectivity index (χ4v) is 2.31. The number of hydrogen-bond donors (Lipinski definition) is 3. The number of nitrogen functional groups attached to an aromatic ring is 1. The van der Waals surface area contributed by atoms with Crippen LogP contribution in [0.4, 0.5) is 10.9 Å². The van der Waals surface area contributed by atoms with Crippen molar-refractivity contribution in [2.75, 3.05) is 10.7 Å².